The molecule has 0 aliphatic carbocycles. The number of carbonyl (C=O) groups is 1. The molecule has 24 heavy (non-hydrogen) atoms. The van der Waals surface area contributed by atoms with Crippen LogP contribution in [0.1, 0.15) is 68.6 Å². The molecule has 5 nitrogen and oxygen atoms in total. The molecule has 0 heterocycles. The molecule has 0 aromatic heterocycles. The zero-order chi connectivity index (χ0) is 17.8. The first kappa shape index (κ1) is 20.5. The predicted molar refractivity (Wildman–Crippen MR) is 99.9 cm³/mol. The van der Waals surface area contributed by atoms with Gasteiger partial charge in [-0.05, 0) is 30.7 Å². The van der Waals surface area contributed by atoms with Gasteiger partial charge in [0.2, 0.25) is 10.0 Å². The van der Waals surface area contributed by atoms with Crippen LogP contribution in [0.15, 0.2) is 24.3 Å². The summed E-state index contributed by atoms with van der Waals surface area (Å²) in [6.07, 6.45) is 11.3. The van der Waals surface area contributed by atoms with E-state index in [9.17, 15) is 13.2 Å². The Morgan fingerprint density at radius 2 is 1.46 bits per heavy atom. The zero-order valence-corrected chi connectivity index (χ0v) is 15.6. The predicted octanol–water partition coefficient (Wildman–Crippen LogP) is 3.93. The third-order valence-electron chi connectivity index (χ3n) is 3.78. The maximum Gasteiger partial charge on any atom is 0.264 e. The Kier molecular flexibility index (Phi) is 9.45. The maximum absolute atomic E-state index is 11.7. The number of sulfonamides is 1. The first-order valence-corrected chi connectivity index (χ1v) is 10.7. The molecule has 0 fully saturated rings. The van der Waals surface area contributed by atoms with E-state index in [1.807, 2.05) is 4.72 Å². The molecule has 1 aromatic carbocycles. The second-order valence-corrected chi connectivity index (χ2v) is 7.93. The Labute approximate surface area is 146 Å². The first-order chi connectivity index (χ1) is 11.4. The number of amides is 1. The molecule has 0 spiro atoms. The van der Waals surface area contributed by atoms with E-state index in [1.165, 1.54) is 44.9 Å². The summed E-state index contributed by atoms with van der Waals surface area (Å²) in [6.45, 7) is 3.14. The second-order valence-electron chi connectivity index (χ2n) is 6.18. The van der Waals surface area contributed by atoms with Crippen LogP contribution in [0.5, 0.6) is 0 Å². The molecule has 1 aromatic rings. The van der Waals surface area contributed by atoms with Crippen LogP contribution in [0.2, 0.25) is 0 Å². The van der Waals surface area contributed by atoms with E-state index in [4.69, 9.17) is 0 Å². The van der Waals surface area contributed by atoms with Crippen molar-refractivity contribution in [2.45, 2.75) is 58.3 Å². The molecule has 1 rings (SSSR count). The van der Waals surface area contributed by atoms with Crippen LogP contribution in [-0.4, -0.2) is 27.1 Å². The molecule has 0 radical (unpaired) electrons. The van der Waals surface area contributed by atoms with E-state index in [0.717, 1.165) is 24.9 Å². The molecule has 1 amide bonds. The highest BCUT2D eigenvalue weighted by atomic mass is 32.2. The van der Waals surface area contributed by atoms with Gasteiger partial charge in [0.1, 0.15) is 0 Å². The number of nitrogens with one attached hydrogen (secondary N) is 2. The SMILES string of the molecule is CCCCCCCCCCNc1ccc(C(=O)NS(C)(=O)=O)cc1. The molecular weight excluding hydrogens is 324 g/mol. The Balaban J connectivity index is 2.20. The van der Waals surface area contributed by atoms with Gasteiger partial charge in [0.05, 0.1) is 6.26 Å². The quantitative estimate of drug-likeness (QED) is 0.558. The number of benzene rings is 1. The smallest absolute Gasteiger partial charge is 0.264 e. The number of hydrogen-bond donors (Lipinski definition) is 2. The van der Waals surface area contributed by atoms with Crippen LogP contribution in [0.3, 0.4) is 0 Å². The topological polar surface area (TPSA) is 75.3 Å². The van der Waals surface area contributed by atoms with Crippen molar-refractivity contribution in [3.8, 4) is 0 Å². The van der Waals surface area contributed by atoms with E-state index in [2.05, 4.69) is 12.2 Å². The molecule has 0 saturated heterocycles. The van der Waals surface area contributed by atoms with Gasteiger partial charge in [-0.3, -0.25) is 4.79 Å². The molecule has 2 N–H and O–H groups in total. The molecule has 0 aliphatic heterocycles. The van der Waals surface area contributed by atoms with Crippen molar-refractivity contribution in [3.63, 3.8) is 0 Å². The Morgan fingerprint density at radius 1 is 0.917 bits per heavy atom. The number of anilines is 1. The van der Waals surface area contributed by atoms with Gasteiger partial charge in [0.15, 0.2) is 0 Å². The lowest BCUT2D eigenvalue weighted by Gasteiger charge is -2.08. The van der Waals surface area contributed by atoms with Crippen molar-refractivity contribution in [3.05, 3.63) is 29.8 Å². The first-order valence-electron chi connectivity index (χ1n) is 8.78. The van der Waals surface area contributed by atoms with Crippen LogP contribution >= 0.6 is 0 Å². The van der Waals surface area contributed by atoms with Crippen molar-refractivity contribution in [2.24, 2.45) is 0 Å². The molecule has 0 unspecified atom stereocenters. The summed E-state index contributed by atoms with van der Waals surface area (Å²) in [7, 11) is -3.53. The lowest BCUT2D eigenvalue weighted by molar-refractivity contribution is 0.0981. The van der Waals surface area contributed by atoms with Crippen molar-refractivity contribution < 1.29 is 13.2 Å². The van der Waals surface area contributed by atoms with Crippen LogP contribution in [0.4, 0.5) is 5.69 Å². The van der Waals surface area contributed by atoms with Crippen LogP contribution in [-0.2, 0) is 10.0 Å². The number of rotatable bonds is 12. The molecule has 136 valence electrons. The zero-order valence-electron chi connectivity index (χ0n) is 14.8. The van der Waals surface area contributed by atoms with Gasteiger partial charge in [-0.25, -0.2) is 13.1 Å². The van der Waals surface area contributed by atoms with Gasteiger partial charge in [-0.2, -0.15) is 0 Å². The highest BCUT2D eigenvalue weighted by molar-refractivity contribution is 7.89. The van der Waals surface area contributed by atoms with Crippen molar-refractivity contribution in [1.82, 2.24) is 4.72 Å². The summed E-state index contributed by atoms with van der Waals surface area (Å²) in [5.74, 6) is -0.605. The Hall–Kier alpha value is -1.56. The molecule has 6 heteroatoms. The average Bonchev–Trinajstić information content (AvgIpc) is 2.52. The minimum atomic E-state index is -3.53. The monoisotopic (exact) mass is 354 g/mol. The number of hydrogen-bond acceptors (Lipinski definition) is 4. The average molecular weight is 355 g/mol. The van der Waals surface area contributed by atoms with Gasteiger partial charge in [0.25, 0.3) is 5.91 Å². The van der Waals surface area contributed by atoms with E-state index in [0.29, 0.717) is 5.56 Å². The highest BCUT2D eigenvalue weighted by Crippen LogP contribution is 2.11. The summed E-state index contributed by atoms with van der Waals surface area (Å²) in [5.41, 5.74) is 1.27. The molecule has 0 atom stereocenters. The molecular formula is C18H30N2O3S. The van der Waals surface area contributed by atoms with Gasteiger partial charge in [0, 0.05) is 17.8 Å². The van der Waals surface area contributed by atoms with Crippen LogP contribution in [0.25, 0.3) is 0 Å². The minimum absolute atomic E-state index is 0.332. The maximum atomic E-state index is 11.7. The van der Waals surface area contributed by atoms with Crippen molar-refractivity contribution in [1.29, 1.82) is 0 Å². The fourth-order valence-corrected chi connectivity index (χ4v) is 2.91. The van der Waals surface area contributed by atoms with E-state index in [1.54, 1.807) is 24.3 Å². The van der Waals surface area contributed by atoms with Crippen LogP contribution in [0, 0.1) is 0 Å². The second kappa shape index (κ2) is 11.1. The largest absolute Gasteiger partial charge is 0.385 e. The standard InChI is InChI=1S/C18H30N2O3S/c1-3-4-5-6-7-8-9-10-15-19-17-13-11-16(12-14-17)18(21)20-24(2,22)23/h11-14,19H,3-10,15H2,1-2H3,(H,20,21). The van der Waals surface area contributed by atoms with Crippen molar-refractivity contribution in [2.75, 3.05) is 18.1 Å². The minimum Gasteiger partial charge on any atom is -0.385 e. The van der Waals surface area contributed by atoms with E-state index >= 15 is 0 Å². The van der Waals surface area contributed by atoms with Gasteiger partial charge < -0.3 is 5.32 Å². The lowest BCUT2D eigenvalue weighted by Crippen LogP contribution is -2.29. The highest BCUT2D eigenvalue weighted by Gasteiger charge is 2.10. The van der Waals surface area contributed by atoms with Gasteiger partial charge in [-0.1, -0.05) is 51.9 Å². The third-order valence-corrected chi connectivity index (χ3v) is 4.34. The number of unbranched alkanes of at least 4 members (excludes halogenated alkanes) is 7. The van der Waals surface area contributed by atoms with Gasteiger partial charge >= 0.3 is 0 Å². The summed E-state index contributed by atoms with van der Waals surface area (Å²) < 4.78 is 24.0. The molecule has 0 saturated carbocycles. The van der Waals surface area contributed by atoms with E-state index in [-0.39, 0.29) is 0 Å². The summed E-state index contributed by atoms with van der Waals surface area (Å²) in [5, 5.41) is 3.32. The summed E-state index contributed by atoms with van der Waals surface area (Å²) in [6, 6.07) is 6.83. The Morgan fingerprint density at radius 3 is 2.00 bits per heavy atom. The van der Waals surface area contributed by atoms with Crippen molar-refractivity contribution >= 4 is 21.6 Å². The van der Waals surface area contributed by atoms with E-state index < -0.39 is 15.9 Å². The molecule has 0 aliphatic rings. The Bertz CT molecular complexity index is 583. The fraction of sp³-hybridized carbons (Fsp3) is 0.611. The third kappa shape index (κ3) is 9.55. The number of carbonyl (C=O) groups excluding carboxylic acids is 1. The fourth-order valence-electron chi connectivity index (χ4n) is 2.46. The van der Waals surface area contributed by atoms with Crippen LogP contribution < -0.4 is 10.0 Å². The molecule has 0 bridgehead atoms. The van der Waals surface area contributed by atoms with Gasteiger partial charge in [-0.15, -0.1) is 0 Å². The lowest BCUT2D eigenvalue weighted by atomic mass is 10.1. The summed E-state index contributed by atoms with van der Waals surface area (Å²) in [4.78, 5) is 11.7. The normalized spacial score (nSPS) is 11.2. The summed E-state index contributed by atoms with van der Waals surface area (Å²) >= 11 is 0.